The second-order valence-corrected chi connectivity index (χ2v) is 10.2. The van der Waals surface area contributed by atoms with Gasteiger partial charge in [-0.2, -0.15) is 0 Å². The Morgan fingerprint density at radius 1 is 0.821 bits per heavy atom. The third kappa shape index (κ3) is 5.94. The van der Waals surface area contributed by atoms with Crippen LogP contribution in [0.25, 0.3) is 5.57 Å². The first-order valence-electron chi connectivity index (χ1n) is 13.5. The van der Waals surface area contributed by atoms with Crippen LogP contribution in [0.1, 0.15) is 44.7 Å². The molecule has 0 spiro atoms. The van der Waals surface area contributed by atoms with Crippen molar-refractivity contribution in [2.75, 3.05) is 50.0 Å². The van der Waals surface area contributed by atoms with Gasteiger partial charge in [0.05, 0.1) is 5.69 Å². The molecule has 2 aliphatic rings. The van der Waals surface area contributed by atoms with Crippen LogP contribution < -0.4 is 10.2 Å². The van der Waals surface area contributed by atoms with Gasteiger partial charge in [-0.15, -0.1) is 0 Å². The molecule has 0 bridgehead atoms. The number of likely N-dealkylation sites (N-methyl/N-ethyl adjacent to an activating group) is 1. The molecule has 3 aromatic carbocycles. The molecular weight excluding hydrogens is 488 g/mol. The summed E-state index contributed by atoms with van der Waals surface area (Å²) in [5, 5.41) is 2.91. The quantitative estimate of drug-likeness (QED) is 0.498. The van der Waals surface area contributed by atoms with Crippen LogP contribution in [0.4, 0.5) is 11.4 Å². The Morgan fingerprint density at radius 3 is 2.26 bits per heavy atom. The zero-order valence-electron chi connectivity index (χ0n) is 22.5. The van der Waals surface area contributed by atoms with Crippen molar-refractivity contribution in [3.05, 3.63) is 101 Å². The third-order valence-electron chi connectivity index (χ3n) is 7.51. The number of carbonyl (C=O) groups is 3. The Balaban J connectivity index is 1.33. The van der Waals surface area contributed by atoms with Crippen molar-refractivity contribution in [3.8, 4) is 0 Å². The summed E-state index contributed by atoms with van der Waals surface area (Å²) < 4.78 is 0. The molecule has 1 fully saturated rings. The lowest BCUT2D eigenvalue weighted by Crippen LogP contribution is -2.46. The fraction of sp³-hybridized carbons (Fsp3) is 0.281. The minimum atomic E-state index is -0.181. The van der Waals surface area contributed by atoms with E-state index in [4.69, 9.17) is 0 Å². The smallest absolute Gasteiger partial charge is 0.258 e. The van der Waals surface area contributed by atoms with Gasteiger partial charge in [0.15, 0.2) is 0 Å². The number of hydrogen-bond acceptors (Lipinski definition) is 4. The zero-order valence-corrected chi connectivity index (χ0v) is 22.5. The van der Waals surface area contributed by atoms with Crippen LogP contribution in [0.15, 0.2) is 78.9 Å². The maximum atomic E-state index is 13.7. The van der Waals surface area contributed by atoms with Crippen LogP contribution in [0.5, 0.6) is 0 Å². The van der Waals surface area contributed by atoms with E-state index in [0.717, 1.165) is 61.4 Å². The lowest BCUT2D eigenvalue weighted by Gasteiger charge is -2.32. The van der Waals surface area contributed by atoms with Gasteiger partial charge in [0.2, 0.25) is 5.91 Å². The summed E-state index contributed by atoms with van der Waals surface area (Å²) in [6.07, 6.45) is 3.25. The van der Waals surface area contributed by atoms with Crippen molar-refractivity contribution in [1.82, 2.24) is 9.80 Å². The number of nitrogens with zero attached hydrogens (tertiary/aromatic N) is 3. The number of aryl methyl sites for hydroxylation is 1. The van der Waals surface area contributed by atoms with Gasteiger partial charge in [0, 0.05) is 61.2 Å². The predicted molar refractivity (Wildman–Crippen MR) is 155 cm³/mol. The largest absolute Gasteiger partial charge is 0.337 e. The summed E-state index contributed by atoms with van der Waals surface area (Å²) in [7, 11) is 2.07. The zero-order chi connectivity index (χ0) is 27.4. The average Bonchev–Trinajstić information content (AvgIpc) is 3.13. The number of nitrogens with one attached hydrogen (secondary N) is 1. The lowest BCUT2D eigenvalue weighted by atomic mass is 10.00. The first-order chi connectivity index (χ1) is 18.9. The molecule has 1 N–H and O–H groups in total. The normalized spacial score (nSPS) is 16.9. The SMILES string of the molecule is Cc1ccccc1C(=O)Nc1ccc(C(=O)N2CCC/C(=C\C(=O)N3CCN(C)CC3)c3ccccc32)cc1. The highest BCUT2D eigenvalue weighted by atomic mass is 16.2. The number of piperazine rings is 1. The van der Waals surface area contributed by atoms with Gasteiger partial charge in [0.1, 0.15) is 0 Å². The predicted octanol–water partition coefficient (Wildman–Crippen LogP) is 4.85. The number of hydrogen-bond donors (Lipinski definition) is 1. The number of allylic oxidation sites excluding steroid dienone is 1. The van der Waals surface area contributed by atoms with E-state index < -0.39 is 0 Å². The molecule has 2 heterocycles. The maximum Gasteiger partial charge on any atom is 0.258 e. The summed E-state index contributed by atoms with van der Waals surface area (Å²) >= 11 is 0. The molecule has 0 saturated carbocycles. The van der Waals surface area contributed by atoms with E-state index in [1.54, 1.807) is 41.3 Å². The highest BCUT2D eigenvalue weighted by Crippen LogP contribution is 2.34. The molecule has 7 heteroatoms. The molecule has 3 aromatic rings. The van der Waals surface area contributed by atoms with Crippen molar-refractivity contribution in [2.45, 2.75) is 19.8 Å². The molecular formula is C32H34N4O3. The number of carbonyl (C=O) groups excluding carboxylic acids is 3. The molecule has 2 aliphatic heterocycles. The molecule has 200 valence electrons. The summed E-state index contributed by atoms with van der Waals surface area (Å²) in [5.41, 5.74) is 5.40. The maximum absolute atomic E-state index is 13.7. The molecule has 39 heavy (non-hydrogen) atoms. The van der Waals surface area contributed by atoms with E-state index in [0.29, 0.717) is 23.4 Å². The Labute approximate surface area is 229 Å². The number of benzene rings is 3. The highest BCUT2D eigenvalue weighted by Gasteiger charge is 2.26. The van der Waals surface area contributed by atoms with E-state index in [-0.39, 0.29) is 17.7 Å². The van der Waals surface area contributed by atoms with Crippen LogP contribution in [0, 0.1) is 6.92 Å². The number of amides is 3. The second kappa shape index (κ2) is 11.7. The van der Waals surface area contributed by atoms with Crippen molar-refractivity contribution in [1.29, 1.82) is 0 Å². The molecule has 3 amide bonds. The van der Waals surface area contributed by atoms with E-state index >= 15 is 0 Å². The first-order valence-corrected chi connectivity index (χ1v) is 13.5. The van der Waals surface area contributed by atoms with Crippen molar-refractivity contribution in [3.63, 3.8) is 0 Å². The molecule has 0 unspecified atom stereocenters. The minimum Gasteiger partial charge on any atom is -0.337 e. The standard InChI is InChI=1S/C32H34N4O3/c1-23-8-3-4-10-27(23)31(38)33-26-15-13-24(14-16-26)32(39)36-17-7-9-25(28-11-5-6-12-29(28)36)22-30(37)35-20-18-34(2)19-21-35/h3-6,8,10-16,22H,7,9,17-21H2,1-2H3,(H,33,38)/b25-22+. The van der Waals surface area contributed by atoms with Crippen LogP contribution in [-0.2, 0) is 4.79 Å². The van der Waals surface area contributed by atoms with E-state index in [1.807, 2.05) is 54.3 Å². The third-order valence-corrected chi connectivity index (χ3v) is 7.51. The molecule has 1 saturated heterocycles. The molecule has 0 aliphatic carbocycles. The second-order valence-electron chi connectivity index (χ2n) is 10.2. The summed E-state index contributed by atoms with van der Waals surface area (Å²) in [5.74, 6) is -0.249. The van der Waals surface area contributed by atoms with E-state index in [9.17, 15) is 14.4 Å². The van der Waals surface area contributed by atoms with Gasteiger partial charge in [0.25, 0.3) is 11.8 Å². The number of para-hydroxylation sites is 1. The van der Waals surface area contributed by atoms with Gasteiger partial charge in [-0.3, -0.25) is 14.4 Å². The Kier molecular flexibility index (Phi) is 7.89. The van der Waals surface area contributed by atoms with Gasteiger partial charge in [-0.25, -0.2) is 0 Å². The lowest BCUT2D eigenvalue weighted by molar-refractivity contribution is -0.127. The van der Waals surface area contributed by atoms with Crippen molar-refractivity contribution >= 4 is 34.7 Å². The van der Waals surface area contributed by atoms with Crippen LogP contribution in [0.3, 0.4) is 0 Å². The fourth-order valence-corrected chi connectivity index (χ4v) is 5.17. The molecule has 0 radical (unpaired) electrons. The van der Waals surface area contributed by atoms with Crippen molar-refractivity contribution in [2.24, 2.45) is 0 Å². The number of anilines is 2. The summed E-state index contributed by atoms with van der Waals surface area (Å²) in [6.45, 7) is 5.67. The van der Waals surface area contributed by atoms with Crippen LogP contribution >= 0.6 is 0 Å². The average molecular weight is 523 g/mol. The molecule has 7 nitrogen and oxygen atoms in total. The summed E-state index contributed by atoms with van der Waals surface area (Å²) in [6, 6.07) is 22.3. The Bertz CT molecular complexity index is 1400. The van der Waals surface area contributed by atoms with Gasteiger partial charge in [-0.1, -0.05) is 36.4 Å². The monoisotopic (exact) mass is 522 g/mol. The van der Waals surface area contributed by atoms with Crippen molar-refractivity contribution < 1.29 is 14.4 Å². The van der Waals surface area contributed by atoms with Crippen LogP contribution in [-0.4, -0.2) is 67.3 Å². The Morgan fingerprint density at radius 2 is 1.51 bits per heavy atom. The van der Waals surface area contributed by atoms with E-state index in [1.165, 1.54) is 0 Å². The van der Waals surface area contributed by atoms with Crippen LogP contribution in [0.2, 0.25) is 0 Å². The first kappa shape index (κ1) is 26.4. The van der Waals surface area contributed by atoms with E-state index in [2.05, 4.69) is 17.3 Å². The number of fused-ring (bicyclic) bond motifs is 1. The Hall–Kier alpha value is -4.23. The topological polar surface area (TPSA) is 73.0 Å². The van der Waals surface area contributed by atoms with Gasteiger partial charge >= 0.3 is 0 Å². The highest BCUT2D eigenvalue weighted by molar-refractivity contribution is 6.09. The van der Waals surface area contributed by atoms with Gasteiger partial charge in [-0.05, 0) is 74.3 Å². The summed E-state index contributed by atoms with van der Waals surface area (Å²) in [4.78, 5) is 45.3. The van der Waals surface area contributed by atoms with Gasteiger partial charge < -0.3 is 20.0 Å². The minimum absolute atomic E-state index is 0.0380. The molecule has 5 rings (SSSR count). The molecule has 0 atom stereocenters. The molecule has 0 aromatic heterocycles. The number of rotatable bonds is 4. The fourth-order valence-electron chi connectivity index (χ4n) is 5.17.